The average molecular weight is 242 g/mol. The van der Waals surface area contributed by atoms with E-state index in [9.17, 15) is 9.59 Å². The molecular formula is C12H22N2O3. The lowest BCUT2D eigenvalue weighted by Gasteiger charge is -2.37. The molecule has 5 heteroatoms. The van der Waals surface area contributed by atoms with Crippen molar-refractivity contribution in [2.45, 2.75) is 39.7 Å². The fourth-order valence-electron chi connectivity index (χ4n) is 2.05. The number of amides is 1. The predicted octanol–water partition coefficient (Wildman–Crippen LogP) is 0.683. The highest BCUT2D eigenvalue weighted by Crippen LogP contribution is 2.23. The summed E-state index contributed by atoms with van der Waals surface area (Å²) in [4.78, 5) is 23.9. The van der Waals surface area contributed by atoms with Gasteiger partial charge in [-0.2, -0.15) is 0 Å². The maximum Gasteiger partial charge on any atom is 0.310 e. The molecule has 0 spiro atoms. The summed E-state index contributed by atoms with van der Waals surface area (Å²) in [6.45, 7) is 6.91. The molecule has 0 aromatic rings. The molecule has 1 atom stereocenters. The average Bonchev–Trinajstić information content (AvgIpc) is 1.94. The molecule has 1 saturated heterocycles. The molecule has 0 saturated carbocycles. The van der Waals surface area contributed by atoms with E-state index >= 15 is 0 Å². The molecule has 0 aromatic heterocycles. The standard InChI is InChI=1S/C12H22N2O3/c1-12(2,3)5-9(13)4-10(15)14-6-8(7-14)11(16)17/h8-9H,4-7,13H2,1-3H3,(H,16,17). The number of likely N-dealkylation sites (tertiary alicyclic amines) is 1. The Kier molecular flexibility index (Phi) is 4.14. The molecule has 3 N–H and O–H groups in total. The van der Waals surface area contributed by atoms with E-state index < -0.39 is 11.9 Å². The Morgan fingerprint density at radius 1 is 1.41 bits per heavy atom. The molecule has 1 amide bonds. The summed E-state index contributed by atoms with van der Waals surface area (Å²) in [5, 5.41) is 8.70. The Hall–Kier alpha value is -1.10. The Labute approximate surface area is 102 Å². The van der Waals surface area contributed by atoms with Gasteiger partial charge in [0.2, 0.25) is 5.91 Å². The molecule has 0 radical (unpaired) electrons. The van der Waals surface area contributed by atoms with E-state index in [4.69, 9.17) is 10.8 Å². The molecule has 0 bridgehead atoms. The molecule has 17 heavy (non-hydrogen) atoms. The van der Waals surface area contributed by atoms with Crippen LogP contribution in [0.1, 0.15) is 33.6 Å². The molecule has 1 fully saturated rings. The summed E-state index contributed by atoms with van der Waals surface area (Å²) in [6, 6.07) is -0.147. The topological polar surface area (TPSA) is 83.6 Å². The van der Waals surface area contributed by atoms with E-state index in [1.54, 1.807) is 4.90 Å². The second-order valence-electron chi connectivity index (χ2n) is 6.06. The minimum atomic E-state index is -0.826. The second kappa shape index (κ2) is 5.04. The van der Waals surface area contributed by atoms with Gasteiger partial charge in [0.05, 0.1) is 5.92 Å². The smallest absolute Gasteiger partial charge is 0.310 e. The Morgan fingerprint density at radius 3 is 2.35 bits per heavy atom. The summed E-state index contributed by atoms with van der Waals surface area (Å²) in [7, 11) is 0. The van der Waals surface area contributed by atoms with Crippen LogP contribution in [-0.4, -0.2) is 41.0 Å². The Bertz CT molecular complexity index is 303. The third kappa shape index (κ3) is 4.34. The number of carbonyl (C=O) groups excluding carboxylic acids is 1. The number of hydrogen-bond acceptors (Lipinski definition) is 3. The van der Waals surface area contributed by atoms with Crippen LogP contribution in [0.2, 0.25) is 0 Å². The number of nitrogens with zero attached hydrogens (tertiary/aromatic N) is 1. The highest BCUT2D eigenvalue weighted by atomic mass is 16.4. The number of rotatable bonds is 4. The third-order valence-corrected chi connectivity index (χ3v) is 2.89. The summed E-state index contributed by atoms with van der Waals surface area (Å²) >= 11 is 0. The molecule has 1 aliphatic heterocycles. The van der Waals surface area contributed by atoms with Crippen LogP contribution in [0.3, 0.4) is 0 Å². The number of carboxylic acid groups (broad SMARTS) is 1. The largest absolute Gasteiger partial charge is 0.481 e. The zero-order chi connectivity index (χ0) is 13.2. The van der Waals surface area contributed by atoms with Gasteiger partial charge in [0.25, 0.3) is 0 Å². The van der Waals surface area contributed by atoms with Crippen molar-refractivity contribution in [2.75, 3.05) is 13.1 Å². The van der Waals surface area contributed by atoms with Crippen LogP contribution in [0, 0.1) is 11.3 Å². The lowest BCUT2D eigenvalue weighted by Crippen LogP contribution is -2.54. The van der Waals surface area contributed by atoms with Gasteiger partial charge in [-0.1, -0.05) is 20.8 Å². The molecule has 5 nitrogen and oxygen atoms in total. The predicted molar refractivity (Wildman–Crippen MR) is 64.4 cm³/mol. The number of nitrogens with two attached hydrogens (primary N) is 1. The van der Waals surface area contributed by atoms with Crippen molar-refractivity contribution >= 4 is 11.9 Å². The number of aliphatic carboxylic acids is 1. The maximum absolute atomic E-state index is 11.7. The summed E-state index contributed by atoms with van der Waals surface area (Å²) in [5.74, 6) is -1.25. The molecule has 0 aliphatic carbocycles. The van der Waals surface area contributed by atoms with Gasteiger partial charge in [-0.05, 0) is 11.8 Å². The zero-order valence-electron chi connectivity index (χ0n) is 10.8. The fourth-order valence-corrected chi connectivity index (χ4v) is 2.05. The third-order valence-electron chi connectivity index (χ3n) is 2.89. The fraction of sp³-hybridized carbons (Fsp3) is 0.833. The minimum absolute atomic E-state index is 0.0285. The lowest BCUT2D eigenvalue weighted by molar-refractivity contribution is -0.152. The van der Waals surface area contributed by atoms with Gasteiger partial charge in [0.1, 0.15) is 0 Å². The van der Waals surface area contributed by atoms with E-state index in [1.165, 1.54) is 0 Å². The Morgan fingerprint density at radius 2 is 1.94 bits per heavy atom. The van der Waals surface area contributed by atoms with Crippen LogP contribution in [0.25, 0.3) is 0 Å². The first-order chi connectivity index (χ1) is 7.69. The van der Waals surface area contributed by atoms with E-state index in [2.05, 4.69) is 20.8 Å². The summed E-state index contributed by atoms with van der Waals surface area (Å²) in [6.07, 6.45) is 1.10. The molecule has 0 aromatic carbocycles. The van der Waals surface area contributed by atoms with Crippen LogP contribution in [0.5, 0.6) is 0 Å². The summed E-state index contributed by atoms with van der Waals surface area (Å²) < 4.78 is 0. The van der Waals surface area contributed by atoms with Gasteiger partial charge >= 0.3 is 5.97 Å². The Balaban J connectivity index is 2.29. The van der Waals surface area contributed by atoms with Crippen molar-refractivity contribution in [1.29, 1.82) is 0 Å². The minimum Gasteiger partial charge on any atom is -0.481 e. The first-order valence-electron chi connectivity index (χ1n) is 5.95. The number of carboxylic acids is 1. The number of carbonyl (C=O) groups is 2. The van der Waals surface area contributed by atoms with Crippen LogP contribution < -0.4 is 5.73 Å². The zero-order valence-corrected chi connectivity index (χ0v) is 10.8. The van der Waals surface area contributed by atoms with Crippen molar-refractivity contribution in [3.8, 4) is 0 Å². The molecule has 1 rings (SSSR count). The quantitative estimate of drug-likeness (QED) is 0.759. The van der Waals surface area contributed by atoms with E-state index in [0.717, 1.165) is 6.42 Å². The maximum atomic E-state index is 11.7. The van der Waals surface area contributed by atoms with Gasteiger partial charge in [-0.3, -0.25) is 9.59 Å². The number of hydrogen-bond donors (Lipinski definition) is 2. The van der Waals surface area contributed by atoms with Gasteiger partial charge in [-0.15, -0.1) is 0 Å². The monoisotopic (exact) mass is 242 g/mol. The first kappa shape index (κ1) is 14.0. The van der Waals surface area contributed by atoms with Gasteiger partial charge in [0, 0.05) is 25.6 Å². The second-order valence-corrected chi connectivity index (χ2v) is 6.06. The van der Waals surface area contributed by atoms with Gasteiger partial charge in [0.15, 0.2) is 0 Å². The van der Waals surface area contributed by atoms with Crippen LogP contribution in [-0.2, 0) is 9.59 Å². The van der Waals surface area contributed by atoms with Crippen molar-refractivity contribution in [2.24, 2.45) is 17.1 Å². The van der Waals surface area contributed by atoms with Crippen molar-refractivity contribution < 1.29 is 14.7 Å². The van der Waals surface area contributed by atoms with Crippen LogP contribution in [0.15, 0.2) is 0 Å². The van der Waals surface area contributed by atoms with Crippen LogP contribution >= 0.6 is 0 Å². The highest BCUT2D eigenvalue weighted by molar-refractivity contribution is 5.81. The highest BCUT2D eigenvalue weighted by Gasteiger charge is 2.35. The lowest BCUT2D eigenvalue weighted by atomic mass is 9.87. The van der Waals surface area contributed by atoms with Crippen molar-refractivity contribution in [1.82, 2.24) is 4.90 Å². The normalized spacial score (nSPS) is 18.7. The first-order valence-corrected chi connectivity index (χ1v) is 5.95. The van der Waals surface area contributed by atoms with Crippen molar-refractivity contribution in [3.63, 3.8) is 0 Å². The molecule has 98 valence electrons. The molecule has 1 heterocycles. The molecule has 1 unspecified atom stereocenters. The molecule has 1 aliphatic rings. The van der Waals surface area contributed by atoms with E-state index in [0.29, 0.717) is 19.5 Å². The van der Waals surface area contributed by atoms with E-state index in [1.807, 2.05) is 0 Å². The van der Waals surface area contributed by atoms with Crippen LogP contribution in [0.4, 0.5) is 0 Å². The van der Waals surface area contributed by atoms with E-state index in [-0.39, 0.29) is 17.4 Å². The van der Waals surface area contributed by atoms with Crippen molar-refractivity contribution in [3.05, 3.63) is 0 Å². The SMILES string of the molecule is CC(C)(C)CC(N)CC(=O)N1CC(C(=O)O)C1. The summed E-state index contributed by atoms with van der Waals surface area (Å²) in [5.41, 5.74) is 6.02. The van der Waals surface area contributed by atoms with Gasteiger partial charge < -0.3 is 15.7 Å². The van der Waals surface area contributed by atoms with Gasteiger partial charge in [-0.25, -0.2) is 0 Å². The molecular weight excluding hydrogens is 220 g/mol.